The summed E-state index contributed by atoms with van der Waals surface area (Å²) in [4.78, 5) is 13.5. The number of rotatable bonds is 7. The number of nitrogens with one attached hydrogen (secondary N) is 1. The van der Waals surface area contributed by atoms with E-state index >= 15 is 0 Å². The molecule has 0 saturated heterocycles. The van der Waals surface area contributed by atoms with Gasteiger partial charge in [-0.15, -0.1) is 0 Å². The molecule has 2 aromatic carbocycles. The van der Waals surface area contributed by atoms with Crippen LogP contribution in [-0.2, 0) is 14.8 Å². The lowest BCUT2D eigenvalue weighted by Gasteiger charge is -2.17. The quantitative estimate of drug-likeness (QED) is 0.845. The van der Waals surface area contributed by atoms with Gasteiger partial charge in [-0.25, -0.2) is 13.1 Å². The van der Waals surface area contributed by atoms with Gasteiger partial charge in [-0.1, -0.05) is 31.2 Å². The van der Waals surface area contributed by atoms with Crippen LogP contribution < -0.4 is 9.62 Å². The van der Waals surface area contributed by atoms with Crippen molar-refractivity contribution in [2.75, 3.05) is 25.5 Å². The molecule has 0 aliphatic heterocycles. The van der Waals surface area contributed by atoms with Gasteiger partial charge in [0.2, 0.25) is 10.0 Å². The maximum atomic E-state index is 12.6. The Labute approximate surface area is 137 Å². The van der Waals surface area contributed by atoms with Crippen molar-refractivity contribution in [3.63, 3.8) is 0 Å². The minimum absolute atomic E-state index is 0.0421. The third-order valence-corrected chi connectivity index (χ3v) is 5.24. The standard InChI is InChI=1S/C17H22N2O3S/c1-4-13(20)11-12-18-23(21,22)17-10-6-7-14-15(17)8-5-9-16(14)19(2)3/h5-10,18H,4,11-12H2,1-3H3. The van der Waals surface area contributed by atoms with Crippen molar-refractivity contribution >= 4 is 32.3 Å². The second-order valence-electron chi connectivity index (χ2n) is 5.56. The Morgan fingerprint density at radius 1 is 1.09 bits per heavy atom. The summed E-state index contributed by atoms with van der Waals surface area (Å²) in [5, 5.41) is 1.55. The molecule has 0 bridgehead atoms. The molecule has 2 rings (SSSR count). The van der Waals surface area contributed by atoms with Gasteiger partial charge in [0.15, 0.2) is 0 Å². The first-order valence-electron chi connectivity index (χ1n) is 7.57. The van der Waals surface area contributed by atoms with Crippen molar-refractivity contribution in [2.24, 2.45) is 0 Å². The van der Waals surface area contributed by atoms with Crippen LogP contribution in [-0.4, -0.2) is 34.8 Å². The predicted octanol–water partition coefficient (Wildman–Crippen LogP) is 2.55. The number of anilines is 1. The minimum Gasteiger partial charge on any atom is -0.377 e. The molecule has 1 N–H and O–H groups in total. The molecule has 0 amide bonds. The fraction of sp³-hybridized carbons (Fsp3) is 0.353. The lowest BCUT2D eigenvalue weighted by Crippen LogP contribution is -2.26. The Morgan fingerprint density at radius 2 is 1.74 bits per heavy atom. The van der Waals surface area contributed by atoms with Crippen molar-refractivity contribution in [1.29, 1.82) is 0 Å². The van der Waals surface area contributed by atoms with Crippen LogP contribution in [0.25, 0.3) is 10.8 Å². The molecular formula is C17H22N2O3S. The normalized spacial score (nSPS) is 11.6. The highest BCUT2D eigenvalue weighted by Gasteiger charge is 2.18. The highest BCUT2D eigenvalue weighted by molar-refractivity contribution is 7.89. The Hall–Kier alpha value is -1.92. The third-order valence-electron chi connectivity index (χ3n) is 3.72. The van der Waals surface area contributed by atoms with E-state index in [-0.39, 0.29) is 23.6 Å². The molecule has 0 unspecified atom stereocenters. The van der Waals surface area contributed by atoms with Gasteiger partial charge in [-0.2, -0.15) is 0 Å². The number of Topliss-reactive ketones (excluding diaryl/α,β-unsaturated/α-hetero) is 1. The zero-order chi connectivity index (χ0) is 17.0. The zero-order valence-corrected chi connectivity index (χ0v) is 14.5. The Bertz CT molecular complexity index is 814. The lowest BCUT2D eigenvalue weighted by molar-refractivity contribution is -0.118. The third kappa shape index (κ3) is 3.89. The topological polar surface area (TPSA) is 66.5 Å². The monoisotopic (exact) mass is 334 g/mol. The molecule has 0 saturated carbocycles. The highest BCUT2D eigenvalue weighted by Crippen LogP contribution is 2.29. The smallest absolute Gasteiger partial charge is 0.241 e. The van der Waals surface area contributed by atoms with E-state index in [1.54, 1.807) is 25.1 Å². The number of sulfonamides is 1. The summed E-state index contributed by atoms with van der Waals surface area (Å²) in [6.45, 7) is 1.89. The van der Waals surface area contributed by atoms with E-state index in [0.717, 1.165) is 11.1 Å². The summed E-state index contributed by atoms with van der Waals surface area (Å²) in [6, 6.07) is 10.8. The molecule has 0 radical (unpaired) electrons. The van der Waals surface area contributed by atoms with Gasteiger partial charge in [-0.05, 0) is 12.1 Å². The minimum atomic E-state index is -3.65. The Balaban J connectivity index is 2.39. The predicted molar refractivity (Wildman–Crippen MR) is 93.4 cm³/mol. The summed E-state index contributed by atoms with van der Waals surface area (Å²) < 4.78 is 27.6. The number of nitrogens with zero attached hydrogens (tertiary/aromatic N) is 1. The van der Waals surface area contributed by atoms with E-state index in [1.165, 1.54) is 0 Å². The molecule has 0 heterocycles. The fourth-order valence-electron chi connectivity index (χ4n) is 2.47. The van der Waals surface area contributed by atoms with Crippen LogP contribution in [0.1, 0.15) is 19.8 Å². The first kappa shape index (κ1) is 17.4. The number of carbonyl (C=O) groups is 1. The number of carbonyl (C=O) groups excluding carboxylic acids is 1. The van der Waals surface area contributed by atoms with Gasteiger partial charge in [0, 0.05) is 49.9 Å². The molecule has 2 aromatic rings. The van der Waals surface area contributed by atoms with E-state index in [1.807, 2.05) is 37.2 Å². The van der Waals surface area contributed by atoms with Crippen LogP contribution in [0.2, 0.25) is 0 Å². The van der Waals surface area contributed by atoms with Crippen LogP contribution in [0.15, 0.2) is 41.3 Å². The molecule has 0 aliphatic carbocycles. The number of ketones is 1. The van der Waals surface area contributed by atoms with Crippen LogP contribution in [0.4, 0.5) is 5.69 Å². The number of hydrogen-bond donors (Lipinski definition) is 1. The summed E-state index contributed by atoms with van der Waals surface area (Å²) in [5.74, 6) is 0.0421. The van der Waals surface area contributed by atoms with Crippen molar-refractivity contribution in [3.05, 3.63) is 36.4 Å². The molecule has 6 heteroatoms. The van der Waals surface area contributed by atoms with E-state index < -0.39 is 10.0 Å². The molecule has 5 nitrogen and oxygen atoms in total. The largest absolute Gasteiger partial charge is 0.377 e. The summed E-state index contributed by atoms with van der Waals surface area (Å²) in [5.41, 5.74) is 0.959. The molecule has 0 fully saturated rings. The van der Waals surface area contributed by atoms with E-state index in [2.05, 4.69) is 4.72 Å². The van der Waals surface area contributed by atoms with E-state index in [4.69, 9.17) is 0 Å². The lowest BCUT2D eigenvalue weighted by atomic mass is 10.1. The second kappa shape index (κ2) is 7.10. The van der Waals surface area contributed by atoms with E-state index in [9.17, 15) is 13.2 Å². The second-order valence-corrected chi connectivity index (χ2v) is 7.30. The molecule has 0 spiro atoms. The van der Waals surface area contributed by atoms with Gasteiger partial charge in [0.1, 0.15) is 5.78 Å². The Morgan fingerprint density at radius 3 is 2.39 bits per heavy atom. The zero-order valence-electron chi connectivity index (χ0n) is 13.7. The molecule has 0 aromatic heterocycles. The SMILES string of the molecule is CCC(=O)CCNS(=O)(=O)c1cccc2c(N(C)C)cccc12. The fourth-order valence-corrected chi connectivity index (χ4v) is 3.72. The van der Waals surface area contributed by atoms with Crippen LogP contribution in [0.3, 0.4) is 0 Å². The molecular weight excluding hydrogens is 312 g/mol. The molecule has 124 valence electrons. The van der Waals surface area contributed by atoms with E-state index in [0.29, 0.717) is 11.8 Å². The maximum absolute atomic E-state index is 12.6. The average Bonchev–Trinajstić information content (AvgIpc) is 2.53. The van der Waals surface area contributed by atoms with Gasteiger partial charge in [-0.3, -0.25) is 4.79 Å². The van der Waals surface area contributed by atoms with Crippen LogP contribution >= 0.6 is 0 Å². The van der Waals surface area contributed by atoms with Gasteiger partial charge < -0.3 is 4.90 Å². The first-order chi connectivity index (χ1) is 10.9. The first-order valence-corrected chi connectivity index (χ1v) is 9.05. The molecule has 0 aliphatic rings. The van der Waals surface area contributed by atoms with Crippen molar-refractivity contribution in [1.82, 2.24) is 4.72 Å². The van der Waals surface area contributed by atoms with Gasteiger partial charge in [0.05, 0.1) is 4.90 Å². The maximum Gasteiger partial charge on any atom is 0.241 e. The number of fused-ring (bicyclic) bond motifs is 1. The van der Waals surface area contributed by atoms with Gasteiger partial charge in [0.25, 0.3) is 0 Å². The average molecular weight is 334 g/mol. The molecule has 0 atom stereocenters. The van der Waals surface area contributed by atoms with Gasteiger partial charge >= 0.3 is 0 Å². The summed E-state index contributed by atoms with van der Waals surface area (Å²) in [7, 11) is 0.188. The van der Waals surface area contributed by atoms with Crippen molar-refractivity contribution < 1.29 is 13.2 Å². The molecule has 23 heavy (non-hydrogen) atoms. The van der Waals surface area contributed by atoms with Crippen molar-refractivity contribution in [3.8, 4) is 0 Å². The van der Waals surface area contributed by atoms with Crippen LogP contribution in [0, 0.1) is 0 Å². The number of benzene rings is 2. The number of hydrogen-bond acceptors (Lipinski definition) is 4. The Kier molecular flexibility index (Phi) is 5.38. The highest BCUT2D eigenvalue weighted by atomic mass is 32.2. The summed E-state index contributed by atoms with van der Waals surface area (Å²) in [6.07, 6.45) is 0.631. The summed E-state index contributed by atoms with van der Waals surface area (Å²) >= 11 is 0. The van der Waals surface area contributed by atoms with Crippen molar-refractivity contribution in [2.45, 2.75) is 24.7 Å². The van der Waals surface area contributed by atoms with Crippen LogP contribution in [0.5, 0.6) is 0 Å².